The minimum absolute atomic E-state index is 0.198. The van der Waals surface area contributed by atoms with Crippen molar-refractivity contribution in [2.24, 2.45) is 17.3 Å². The Balaban J connectivity index is 2.35. The van der Waals surface area contributed by atoms with Crippen LogP contribution in [0.4, 0.5) is 0 Å². The normalized spacial score (nSPS) is 36.0. The molecule has 0 saturated carbocycles. The number of fused-ring (bicyclic) bond motifs is 1. The molecular weight excluding hydrogens is 160 g/mol. The van der Waals surface area contributed by atoms with Crippen LogP contribution >= 0.6 is 0 Å². The summed E-state index contributed by atoms with van der Waals surface area (Å²) in [6, 6.07) is 0. The Morgan fingerprint density at radius 2 is 2.00 bits per heavy atom. The molecule has 0 spiro atoms. The van der Waals surface area contributed by atoms with Crippen LogP contribution in [0.15, 0.2) is 24.3 Å². The lowest BCUT2D eigenvalue weighted by atomic mass is 9.63. The molecule has 0 aromatic rings. The monoisotopic (exact) mass is 176 g/mol. The number of carbonyl (C=O) groups excluding carboxylic acids is 1. The van der Waals surface area contributed by atoms with Gasteiger partial charge in [0.2, 0.25) is 0 Å². The van der Waals surface area contributed by atoms with Gasteiger partial charge in [-0.2, -0.15) is 0 Å². The Labute approximate surface area is 79.5 Å². The number of rotatable bonds is 0. The first-order valence-electron chi connectivity index (χ1n) is 4.99. The van der Waals surface area contributed by atoms with E-state index in [2.05, 4.69) is 32.1 Å². The Morgan fingerprint density at radius 1 is 1.31 bits per heavy atom. The summed E-state index contributed by atoms with van der Waals surface area (Å²) in [6.45, 7) is 4.46. The highest BCUT2D eigenvalue weighted by Crippen LogP contribution is 2.43. The molecular formula is C12H16O. The molecule has 2 rings (SSSR count). The van der Waals surface area contributed by atoms with Gasteiger partial charge in [0.05, 0.1) is 0 Å². The molecule has 0 amide bonds. The van der Waals surface area contributed by atoms with Gasteiger partial charge in [0.25, 0.3) is 0 Å². The van der Waals surface area contributed by atoms with E-state index < -0.39 is 0 Å². The molecule has 0 aliphatic heterocycles. The summed E-state index contributed by atoms with van der Waals surface area (Å²) < 4.78 is 0. The summed E-state index contributed by atoms with van der Waals surface area (Å²) in [7, 11) is 0. The van der Waals surface area contributed by atoms with Crippen molar-refractivity contribution in [2.75, 3.05) is 0 Å². The zero-order valence-corrected chi connectivity index (χ0v) is 8.29. The fraction of sp³-hybridized carbons (Fsp3) is 0.583. The fourth-order valence-electron chi connectivity index (χ4n) is 2.50. The molecule has 0 saturated heterocycles. The van der Waals surface area contributed by atoms with E-state index in [0.717, 1.165) is 12.8 Å². The average molecular weight is 176 g/mol. The maximum Gasteiger partial charge on any atom is 0.159 e. The number of allylic oxidation sites excluding steroid dienone is 4. The molecule has 13 heavy (non-hydrogen) atoms. The van der Waals surface area contributed by atoms with Crippen molar-refractivity contribution >= 4 is 5.78 Å². The zero-order chi connectivity index (χ0) is 9.47. The standard InChI is InChI=1S/C12H16O/c1-12(2)8-7-11(13)9-5-3-4-6-10(9)12/h3-4,7-10H,5-6H2,1-2H3/t9-,10+/m0/s1. The first-order valence-corrected chi connectivity index (χ1v) is 4.99. The van der Waals surface area contributed by atoms with E-state index in [1.807, 2.05) is 0 Å². The number of hydrogen-bond donors (Lipinski definition) is 0. The maximum absolute atomic E-state index is 11.6. The van der Waals surface area contributed by atoms with Gasteiger partial charge < -0.3 is 0 Å². The first kappa shape index (κ1) is 8.74. The molecule has 0 aromatic heterocycles. The summed E-state index contributed by atoms with van der Waals surface area (Å²) in [5.74, 6) is 1.11. The summed E-state index contributed by atoms with van der Waals surface area (Å²) in [5.41, 5.74) is 0.198. The summed E-state index contributed by atoms with van der Waals surface area (Å²) in [5, 5.41) is 0. The molecule has 2 atom stereocenters. The lowest BCUT2D eigenvalue weighted by Crippen LogP contribution is -2.37. The topological polar surface area (TPSA) is 17.1 Å². The number of carbonyl (C=O) groups is 1. The Bertz CT molecular complexity index is 283. The highest BCUT2D eigenvalue weighted by Gasteiger charge is 2.39. The van der Waals surface area contributed by atoms with Crippen molar-refractivity contribution in [3.63, 3.8) is 0 Å². The molecule has 1 nitrogen and oxygen atoms in total. The third kappa shape index (κ3) is 1.37. The van der Waals surface area contributed by atoms with Crippen LogP contribution in [-0.2, 0) is 4.79 Å². The van der Waals surface area contributed by atoms with Crippen LogP contribution < -0.4 is 0 Å². The predicted octanol–water partition coefficient (Wildman–Crippen LogP) is 2.73. The smallest absolute Gasteiger partial charge is 0.159 e. The van der Waals surface area contributed by atoms with Gasteiger partial charge >= 0.3 is 0 Å². The largest absolute Gasteiger partial charge is 0.295 e. The highest BCUT2D eigenvalue weighted by molar-refractivity contribution is 5.93. The van der Waals surface area contributed by atoms with Crippen LogP contribution in [0.1, 0.15) is 26.7 Å². The van der Waals surface area contributed by atoms with E-state index in [1.54, 1.807) is 6.08 Å². The van der Waals surface area contributed by atoms with Gasteiger partial charge in [-0.1, -0.05) is 32.1 Å². The molecule has 2 aliphatic carbocycles. The van der Waals surface area contributed by atoms with Crippen molar-refractivity contribution in [3.05, 3.63) is 24.3 Å². The molecule has 0 aromatic carbocycles. The van der Waals surface area contributed by atoms with Crippen molar-refractivity contribution in [1.29, 1.82) is 0 Å². The van der Waals surface area contributed by atoms with Crippen LogP contribution in [0.3, 0.4) is 0 Å². The Morgan fingerprint density at radius 3 is 2.69 bits per heavy atom. The minimum Gasteiger partial charge on any atom is -0.295 e. The van der Waals surface area contributed by atoms with E-state index in [0.29, 0.717) is 11.7 Å². The second-order valence-corrected chi connectivity index (χ2v) is 4.71. The molecule has 0 N–H and O–H groups in total. The quantitative estimate of drug-likeness (QED) is 0.519. The molecule has 0 unspecified atom stereocenters. The Kier molecular flexibility index (Phi) is 1.90. The van der Waals surface area contributed by atoms with Crippen LogP contribution in [0.25, 0.3) is 0 Å². The van der Waals surface area contributed by atoms with Gasteiger partial charge in [-0.25, -0.2) is 0 Å². The zero-order valence-electron chi connectivity index (χ0n) is 8.29. The van der Waals surface area contributed by atoms with Crippen LogP contribution in [0.2, 0.25) is 0 Å². The van der Waals surface area contributed by atoms with Crippen LogP contribution in [0, 0.1) is 17.3 Å². The summed E-state index contributed by atoms with van der Waals surface area (Å²) >= 11 is 0. The second-order valence-electron chi connectivity index (χ2n) is 4.71. The molecule has 0 bridgehead atoms. The lowest BCUT2D eigenvalue weighted by Gasteiger charge is -2.40. The number of hydrogen-bond acceptors (Lipinski definition) is 1. The Hall–Kier alpha value is -0.850. The van der Waals surface area contributed by atoms with Gasteiger partial charge in [0, 0.05) is 5.92 Å². The van der Waals surface area contributed by atoms with Gasteiger partial charge in [0.1, 0.15) is 0 Å². The maximum atomic E-state index is 11.6. The van der Waals surface area contributed by atoms with E-state index >= 15 is 0 Å². The third-order valence-corrected chi connectivity index (χ3v) is 3.43. The van der Waals surface area contributed by atoms with E-state index in [4.69, 9.17) is 0 Å². The van der Waals surface area contributed by atoms with Gasteiger partial charge in [-0.05, 0) is 30.3 Å². The molecule has 0 fully saturated rings. The van der Waals surface area contributed by atoms with Gasteiger partial charge in [0.15, 0.2) is 5.78 Å². The van der Waals surface area contributed by atoms with Crippen molar-refractivity contribution in [1.82, 2.24) is 0 Å². The number of ketones is 1. The van der Waals surface area contributed by atoms with E-state index in [-0.39, 0.29) is 11.3 Å². The molecule has 2 aliphatic rings. The van der Waals surface area contributed by atoms with Crippen molar-refractivity contribution in [2.45, 2.75) is 26.7 Å². The van der Waals surface area contributed by atoms with Crippen LogP contribution in [-0.4, -0.2) is 5.78 Å². The van der Waals surface area contributed by atoms with Gasteiger partial charge in [-0.3, -0.25) is 4.79 Å². The van der Waals surface area contributed by atoms with E-state index in [1.165, 1.54) is 0 Å². The molecule has 1 heteroatoms. The van der Waals surface area contributed by atoms with Crippen LogP contribution in [0.5, 0.6) is 0 Å². The average Bonchev–Trinajstić information content (AvgIpc) is 2.13. The third-order valence-electron chi connectivity index (χ3n) is 3.43. The molecule has 70 valence electrons. The first-order chi connectivity index (χ1) is 6.11. The lowest BCUT2D eigenvalue weighted by molar-refractivity contribution is -0.122. The predicted molar refractivity (Wildman–Crippen MR) is 53.3 cm³/mol. The highest BCUT2D eigenvalue weighted by atomic mass is 16.1. The SMILES string of the molecule is CC1(C)C=CC(=O)[C@H]2CC=CC[C@H]21. The van der Waals surface area contributed by atoms with Crippen molar-refractivity contribution in [3.8, 4) is 0 Å². The van der Waals surface area contributed by atoms with Crippen molar-refractivity contribution < 1.29 is 4.79 Å². The van der Waals surface area contributed by atoms with Gasteiger partial charge in [-0.15, -0.1) is 0 Å². The summed E-state index contributed by atoms with van der Waals surface area (Å²) in [6.07, 6.45) is 10.2. The fourth-order valence-corrected chi connectivity index (χ4v) is 2.50. The second kappa shape index (κ2) is 2.83. The molecule has 0 heterocycles. The van der Waals surface area contributed by atoms with E-state index in [9.17, 15) is 4.79 Å². The minimum atomic E-state index is 0.198. The molecule has 0 radical (unpaired) electrons. The summed E-state index contributed by atoms with van der Waals surface area (Å²) in [4.78, 5) is 11.6.